The number of nitrogen functional groups attached to an aromatic ring is 1. The van der Waals surface area contributed by atoms with E-state index in [0.29, 0.717) is 17.2 Å². The molecule has 3 aromatic rings. The van der Waals surface area contributed by atoms with Crippen LogP contribution in [0, 0.1) is 12.7 Å². The SMILES string of the molecule is Cc1cn2c(N)c(-c3ccc(F)cc3)nc2cn1. The number of nitrogens with zero attached hydrogens (tertiary/aromatic N) is 3. The third kappa shape index (κ3) is 1.60. The Morgan fingerprint density at radius 1 is 1.22 bits per heavy atom. The van der Waals surface area contributed by atoms with Crippen LogP contribution >= 0.6 is 0 Å². The quantitative estimate of drug-likeness (QED) is 0.713. The average molecular weight is 242 g/mol. The first-order valence-corrected chi connectivity index (χ1v) is 5.51. The third-order valence-electron chi connectivity index (χ3n) is 2.79. The van der Waals surface area contributed by atoms with Crippen molar-refractivity contribution in [3.05, 3.63) is 48.2 Å². The molecule has 2 heterocycles. The zero-order valence-electron chi connectivity index (χ0n) is 9.76. The lowest BCUT2D eigenvalue weighted by molar-refractivity contribution is 0.628. The van der Waals surface area contributed by atoms with Crippen molar-refractivity contribution in [3.63, 3.8) is 0 Å². The number of fused-ring (bicyclic) bond motifs is 1. The zero-order valence-corrected chi connectivity index (χ0v) is 9.76. The van der Waals surface area contributed by atoms with Crippen molar-refractivity contribution >= 4 is 11.5 Å². The summed E-state index contributed by atoms with van der Waals surface area (Å²) >= 11 is 0. The van der Waals surface area contributed by atoms with E-state index in [-0.39, 0.29) is 5.82 Å². The molecule has 1 aromatic carbocycles. The normalized spacial score (nSPS) is 11.0. The van der Waals surface area contributed by atoms with E-state index >= 15 is 0 Å². The molecule has 0 saturated carbocycles. The number of imidazole rings is 1. The highest BCUT2D eigenvalue weighted by atomic mass is 19.1. The van der Waals surface area contributed by atoms with Gasteiger partial charge in [0.15, 0.2) is 5.65 Å². The Morgan fingerprint density at radius 3 is 2.67 bits per heavy atom. The fraction of sp³-hybridized carbons (Fsp3) is 0.0769. The van der Waals surface area contributed by atoms with Crippen molar-refractivity contribution in [2.75, 3.05) is 5.73 Å². The second-order valence-corrected chi connectivity index (χ2v) is 4.11. The standard InChI is InChI=1S/C13H11FN4/c1-8-7-18-11(6-16-8)17-12(13(18)15)9-2-4-10(14)5-3-9/h2-7H,15H2,1H3. The van der Waals surface area contributed by atoms with Crippen LogP contribution in [0.25, 0.3) is 16.9 Å². The van der Waals surface area contributed by atoms with Crippen molar-refractivity contribution < 1.29 is 4.39 Å². The van der Waals surface area contributed by atoms with Crippen LogP contribution in [0.2, 0.25) is 0 Å². The first-order valence-electron chi connectivity index (χ1n) is 5.51. The molecular formula is C13H11FN4. The number of rotatable bonds is 1. The van der Waals surface area contributed by atoms with Gasteiger partial charge in [0.1, 0.15) is 17.3 Å². The molecule has 0 aliphatic rings. The summed E-state index contributed by atoms with van der Waals surface area (Å²) in [6.07, 6.45) is 3.49. The van der Waals surface area contributed by atoms with Crippen molar-refractivity contribution in [2.24, 2.45) is 0 Å². The maximum absolute atomic E-state index is 12.9. The summed E-state index contributed by atoms with van der Waals surface area (Å²) in [6, 6.07) is 6.10. The Hall–Kier alpha value is -2.43. The summed E-state index contributed by atoms with van der Waals surface area (Å²) in [7, 11) is 0. The first kappa shape index (κ1) is 10.7. The highest BCUT2D eigenvalue weighted by Crippen LogP contribution is 2.26. The molecule has 0 saturated heterocycles. The molecule has 0 fully saturated rings. The van der Waals surface area contributed by atoms with Gasteiger partial charge in [0.25, 0.3) is 0 Å². The van der Waals surface area contributed by atoms with Gasteiger partial charge in [-0.05, 0) is 31.2 Å². The zero-order chi connectivity index (χ0) is 12.7. The predicted molar refractivity (Wildman–Crippen MR) is 67.5 cm³/mol. The predicted octanol–water partition coefficient (Wildman–Crippen LogP) is 2.43. The molecule has 2 N–H and O–H groups in total. The van der Waals surface area contributed by atoms with Crippen LogP contribution in [0.3, 0.4) is 0 Å². The molecular weight excluding hydrogens is 231 g/mol. The van der Waals surface area contributed by atoms with Crippen LogP contribution in [-0.4, -0.2) is 14.4 Å². The van der Waals surface area contributed by atoms with Gasteiger partial charge >= 0.3 is 0 Å². The fourth-order valence-corrected chi connectivity index (χ4v) is 1.89. The van der Waals surface area contributed by atoms with E-state index in [0.717, 1.165) is 11.3 Å². The highest BCUT2D eigenvalue weighted by molar-refractivity contribution is 5.74. The monoisotopic (exact) mass is 242 g/mol. The second kappa shape index (κ2) is 3.80. The van der Waals surface area contributed by atoms with Crippen LogP contribution in [0.1, 0.15) is 5.69 Å². The summed E-state index contributed by atoms with van der Waals surface area (Å²) in [4.78, 5) is 8.58. The van der Waals surface area contributed by atoms with Crippen LogP contribution in [0.5, 0.6) is 0 Å². The van der Waals surface area contributed by atoms with Gasteiger partial charge in [-0.2, -0.15) is 0 Å². The molecule has 2 aromatic heterocycles. The largest absolute Gasteiger partial charge is 0.383 e. The Labute approximate surface area is 103 Å². The lowest BCUT2D eigenvalue weighted by Crippen LogP contribution is -1.95. The summed E-state index contributed by atoms with van der Waals surface area (Å²) < 4.78 is 14.7. The first-order chi connectivity index (χ1) is 8.65. The van der Waals surface area contributed by atoms with Crippen molar-refractivity contribution in [3.8, 4) is 11.3 Å². The lowest BCUT2D eigenvalue weighted by atomic mass is 10.1. The number of benzene rings is 1. The molecule has 0 radical (unpaired) electrons. The Morgan fingerprint density at radius 2 is 1.94 bits per heavy atom. The Kier molecular flexibility index (Phi) is 2.26. The molecule has 18 heavy (non-hydrogen) atoms. The van der Waals surface area contributed by atoms with E-state index in [1.807, 2.05) is 13.1 Å². The number of aromatic nitrogens is 3. The highest BCUT2D eigenvalue weighted by Gasteiger charge is 2.11. The molecule has 5 heteroatoms. The van der Waals surface area contributed by atoms with E-state index in [2.05, 4.69) is 9.97 Å². The summed E-state index contributed by atoms with van der Waals surface area (Å²) in [6.45, 7) is 1.89. The summed E-state index contributed by atoms with van der Waals surface area (Å²) in [5.41, 5.74) is 9.02. The second-order valence-electron chi connectivity index (χ2n) is 4.11. The van der Waals surface area contributed by atoms with Crippen LogP contribution in [0.4, 0.5) is 10.2 Å². The molecule has 0 aliphatic heterocycles. The van der Waals surface area contributed by atoms with Crippen LogP contribution in [0.15, 0.2) is 36.7 Å². The average Bonchev–Trinajstić information content (AvgIpc) is 2.68. The molecule has 0 amide bonds. The topological polar surface area (TPSA) is 56.2 Å². The number of hydrogen-bond donors (Lipinski definition) is 1. The van der Waals surface area contributed by atoms with E-state index in [1.54, 1.807) is 22.7 Å². The molecule has 0 unspecified atom stereocenters. The Balaban J connectivity index is 2.23. The maximum Gasteiger partial charge on any atom is 0.157 e. The fourth-order valence-electron chi connectivity index (χ4n) is 1.89. The number of anilines is 1. The molecule has 3 rings (SSSR count). The van der Waals surface area contributed by atoms with Crippen molar-refractivity contribution in [1.82, 2.24) is 14.4 Å². The summed E-state index contributed by atoms with van der Waals surface area (Å²) in [5, 5.41) is 0. The molecule has 0 bridgehead atoms. The van der Waals surface area contributed by atoms with E-state index in [9.17, 15) is 4.39 Å². The minimum Gasteiger partial charge on any atom is -0.383 e. The van der Waals surface area contributed by atoms with Crippen LogP contribution < -0.4 is 5.73 Å². The lowest BCUT2D eigenvalue weighted by Gasteiger charge is -1.99. The molecule has 90 valence electrons. The van der Waals surface area contributed by atoms with E-state index in [4.69, 9.17) is 5.73 Å². The Bertz CT molecular complexity index is 716. The molecule has 0 atom stereocenters. The summed E-state index contributed by atoms with van der Waals surface area (Å²) in [5.74, 6) is 0.251. The number of hydrogen-bond acceptors (Lipinski definition) is 3. The molecule has 0 spiro atoms. The van der Waals surface area contributed by atoms with Gasteiger partial charge in [-0.1, -0.05) is 0 Å². The van der Waals surface area contributed by atoms with Gasteiger partial charge in [0.05, 0.1) is 11.9 Å². The van der Waals surface area contributed by atoms with Gasteiger partial charge in [-0.3, -0.25) is 9.38 Å². The number of nitrogens with two attached hydrogens (primary N) is 1. The van der Waals surface area contributed by atoms with E-state index < -0.39 is 0 Å². The van der Waals surface area contributed by atoms with Gasteiger partial charge in [-0.15, -0.1) is 0 Å². The van der Waals surface area contributed by atoms with Gasteiger partial charge in [-0.25, -0.2) is 9.37 Å². The molecule has 0 aliphatic carbocycles. The minimum atomic E-state index is -0.279. The van der Waals surface area contributed by atoms with Crippen LogP contribution in [-0.2, 0) is 0 Å². The van der Waals surface area contributed by atoms with Crippen molar-refractivity contribution in [2.45, 2.75) is 6.92 Å². The van der Waals surface area contributed by atoms with Gasteiger partial charge in [0.2, 0.25) is 0 Å². The van der Waals surface area contributed by atoms with Crippen molar-refractivity contribution in [1.29, 1.82) is 0 Å². The van der Waals surface area contributed by atoms with E-state index in [1.165, 1.54) is 12.1 Å². The van der Waals surface area contributed by atoms with Gasteiger partial charge < -0.3 is 5.73 Å². The smallest absolute Gasteiger partial charge is 0.157 e. The molecule has 4 nitrogen and oxygen atoms in total. The number of aryl methyl sites for hydroxylation is 1. The minimum absolute atomic E-state index is 0.279. The number of halogens is 1. The maximum atomic E-state index is 12.9. The van der Waals surface area contributed by atoms with Gasteiger partial charge in [0, 0.05) is 11.8 Å². The third-order valence-corrected chi connectivity index (χ3v) is 2.79.